The Morgan fingerprint density at radius 3 is 2.83 bits per heavy atom. The molecule has 9 heteroatoms. The summed E-state index contributed by atoms with van der Waals surface area (Å²) in [6.45, 7) is 1.85. The number of thioether (sulfide) groups is 1. The molecule has 1 aliphatic rings. The van der Waals surface area contributed by atoms with Crippen LogP contribution in [-0.2, 0) is 5.54 Å². The molecule has 1 amide bonds. The molecular formula is C20H18FN5OS2. The van der Waals surface area contributed by atoms with Gasteiger partial charge in [0.2, 0.25) is 0 Å². The number of pyridine rings is 1. The number of aromatic nitrogens is 2. The van der Waals surface area contributed by atoms with E-state index in [1.807, 2.05) is 19.1 Å². The number of amides is 1. The highest BCUT2D eigenvalue weighted by Gasteiger charge is 2.32. The van der Waals surface area contributed by atoms with Gasteiger partial charge >= 0.3 is 0 Å². The molecule has 4 rings (SSSR count). The Morgan fingerprint density at radius 1 is 1.28 bits per heavy atom. The van der Waals surface area contributed by atoms with Gasteiger partial charge in [-0.2, -0.15) is 0 Å². The molecule has 3 heterocycles. The van der Waals surface area contributed by atoms with Crippen molar-refractivity contribution < 1.29 is 9.18 Å². The number of amidine groups is 1. The standard InChI is InChI=1S/C20H18FN5OS2/c1-20(6-9-28-19(22)26-20)14-10-13(2-3-15(14)21)24-17(27)16-11-29-18(25-16)12-4-7-23-8-5-12/h2-5,7-8,10-11H,6,9H2,1H3,(H2,22,26)(H,24,27). The van der Waals surface area contributed by atoms with Crippen LogP contribution in [0.3, 0.4) is 0 Å². The molecule has 1 aliphatic heterocycles. The van der Waals surface area contributed by atoms with Gasteiger partial charge in [-0.1, -0.05) is 11.8 Å². The minimum Gasteiger partial charge on any atom is -0.379 e. The van der Waals surface area contributed by atoms with Crippen LogP contribution in [0, 0.1) is 5.82 Å². The summed E-state index contributed by atoms with van der Waals surface area (Å²) in [5, 5.41) is 5.67. The zero-order valence-corrected chi connectivity index (χ0v) is 17.2. The Bertz CT molecular complexity index is 1090. The lowest BCUT2D eigenvalue weighted by Crippen LogP contribution is -2.29. The summed E-state index contributed by atoms with van der Waals surface area (Å²) in [7, 11) is 0. The summed E-state index contributed by atoms with van der Waals surface area (Å²) in [6, 6.07) is 8.16. The molecule has 6 nitrogen and oxygen atoms in total. The SMILES string of the molecule is CC1(c2cc(NC(=O)c3csc(-c4ccncc4)n3)ccc2F)CCSC(N)=N1. The number of benzene rings is 1. The summed E-state index contributed by atoms with van der Waals surface area (Å²) in [6.07, 6.45) is 4.01. The number of rotatable bonds is 4. The predicted molar refractivity (Wildman–Crippen MR) is 116 cm³/mol. The van der Waals surface area contributed by atoms with Crippen molar-refractivity contribution in [2.24, 2.45) is 10.7 Å². The first-order chi connectivity index (χ1) is 13.9. The van der Waals surface area contributed by atoms with Gasteiger partial charge in [-0.25, -0.2) is 9.37 Å². The molecule has 2 aromatic heterocycles. The van der Waals surface area contributed by atoms with Gasteiger partial charge in [0.05, 0.1) is 5.54 Å². The smallest absolute Gasteiger partial charge is 0.275 e. The number of thiazole rings is 1. The monoisotopic (exact) mass is 427 g/mol. The second-order valence-electron chi connectivity index (χ2n) is 6.74. The molecule has 0 saturated carbocycles. The summed E-state index contributed by atoms with van der Waals surface area (Å²) in [4.78, 5) is 25.5. The molecule has 3 aromatic rings. The molecule has 148 valence electrons. The number of hydrogen-bond donors (Lipinski definition) is 2. The Labute approximate surface area is 175 Å². The van der Waals surface area contributed by atoms with Crippen molar-refractivity contribution in [2.75, 3.05) is 11.1 Å². The van der Waals surface area contributed by atoms with Crippen LogP contribution < -0.4 is 11.1 Å². The molecule has 29 heavy (non-hydrogen) atoms. The van der Waals surface area contributed by atoms with Crippen LogP contribution in [0.15, 0.2) is 53.1 Å². The van der Waals surface area contributed by atoms with E-state index in [0.29, 0.717) is 28.5 Å². The summed E-state index contributed by atoms with van der Waals surface area (Å²) < 4.78 is 14.5. The second-order valence-corrected chi connectivity index (χ2v) is 8.72. The summed E-state index contributed by atoms with van der Waals surface area (Å²) >= 11 is 2.83. The highest BCUT2D eigenvalue weighted by atomic mass is 32.2. The van der Waals surface area contributed by atoms with Crippen molar-refractivity contribution in [3.8, 4) is 10.6 Å². The molecule has 1 unspecified atom stereocenters. The van der Waals surface area contributed by atoms with Crippen molar-refractivity contribution in [1.82, 2.24) is 9.97 Å². The zero-order valence-electron chi connectivity index (χ0n) is 15.6. The second kappa shape index (κ2) is 7.92. The van der Waals surface area contributed by atoms with Gasteiger partial charge in [0.15, 0.2) is 5.17 Å². The highest BCUT2D eigenvalue weighted by Crippen LogP contribution is 2.37. The average Bonchev–Trinajstić information content (AvgIpc) is 3.20. The third-order valence-corrected chi connectivity index (χ3v) is 6.35. The Morgan fingerprint density at radius 2 is 2.07 bits per heavy atom. The van der Waals surface area contributed by atoms with Crippen LogP contribution in [0.25, 0.3) is 10.6 Å². The first-order valence-corrected chi connectivity index (χ1v) is 10.8. The normalized spacial score (nSPS) is 18.9. The number of anilines is 1. The van der Waals surface area contributed by atoms with E-state index in [1.165, 1.54) is 35.2 Å². The number of nitrogens with two attached hydrogens (primary N) is 1. The predicted octanol–water partition coefficient (Wildman–Crippen LogP) is 4.26. The molecule has 0 bridgehead atoms. The van der Waals surface area contributed by atoms with E-state index in [0.717, 1.165) is 16.3 Å². The van der Waals surface area contributed by atoms with Crippen molar-refractivity contribution in [3.63, 3.8) is 0 Å². The number of nitrogens with one attached hydrogen (secondary N) is 1. The van der Waals surface area contributed by atoms with Gasteiger partial charge in [-0.05, 0) is 43.7 Å². The minimum absolute atomic E-state index is 0.301. The van der Waals surface area contributed by atoms with E-state index in [9.17, 15) is 9.18 Å². The molecule has 0 saturated heterocycles. The van der Waals surface area contributed by atoms with Crippen molar-refractivity contribution >= 4 is 39.9 Å². The lowest BCUT2D eigenvalue weighted by molar-refractivity contribution is 0.102. The molecule has 0 spiro atoms. The Kier molecular flexibility index (Phi) is 5.33. The third-order valence-electron chi connectivity index (χ3n) is 4.66. The van der Waals surface area contributed by atoms with Gasteiger partial charge in [-0.15, -0.1) is 11.3 Å². The number of carbonyl (C=O) groups excluding carboxylic acids is 1. The fraction of sp³-hybridized carbons (Fsp3) is 0.200. The third kappa shape index (κ3) is 4.15. The average molecular weight is 428 g/mol. The maximum atomic E-state index is 14.5. The van der Waals surface area contributed by atoms with Crippen molar-refractivity contribution in [2.45, 2.75) is 18.9 Å². The molecule has 0 aliphatic carbocycles. The number of aliphatic imine (C=N–C) groups is 1. The summed E-state index contributed by atoms with van der Waals surface area (Å²) in [5.74, 6) is 0.0346. The van der Waals surface area contributed by atoms with Gasteiger partial charge in [0, 0.05) is 40.3 Å². The largest absolute Gasteiger partial charge is 0.379 e. The van der Waals surface area contributed by atoms with E-state index >= 15 is 0 Å². The van der Waals surface area contributed by atoms with Crippen LogP contribution in [0.4, 0.5) is 10.1 Å². The quantitative estimate of drug-likeness (QED) is 0.649. The van der Waals surface area contributed by atoms with Crippen molar-refractivity contribution in [3.05, 3.63) is 65.2 Å². The molecule has 0 radical (unpaired) electrons. The number of carbonyl (C=O) groups is 1. The van der Waals surface area contributed by atoms with E-state index in [-0.39, 0.29) is 11.7 Å². The lowest BCUT2D eigenvalue weighted by atomic mass is 9.89. The summed E-state index contributed by atoms with van der Waals surface area (Å²) in [5.41, 5.74) is 7.19. The van der Waals surface area contributed by atoms with Gasteiger partial charge in [-0.3, -0.25) is 14.8 Å². The van der Waals surface area contributed by atoms with Crippen molar-refractivity contribution in [1.29, 1.82) is 0 Å². The van der Waals surface area contributed by atoms with Crippen LogP contribution in [0.5, 0.6) is 0 Å². The molecule has 0 fully saturated rings. The first-order valence-electron chi connectivity index (χ1n) is 8.90. The van der Waals surface area contributed by atoms with Gasteiger partial charge in [0.1, 0.15) is 16.5 Å². The van der Waals surface area contributed by atoms with E-state index in [2.05, 4.69) is 20.3 Å². The number of halogens is 1. The van der Waals surface area contributed by atoms with Crippen LogP contribution in [0.1, 0.15) is 29.4 Å². The van der Waals surface area contributed by atoms with Crippen LogP contribution in [0.2, 0.25) is 0 Å². The molecule has 1 atom stereocenters. The number of nitrogens with zero attached hydrogens (tertiary/aromatic N) is 3. The van der Waals surface area contributed by atoms with E-state index in [4.69, 9.17) is 5.73 Å². The maximum absolute atomic E-state index is 14.5. The fourth-order valence-corrected chi connectivity index (χ4v) is 4.88. The minimum atomic E-state index is -0.755. The first kappa shape index (κ1) is 19.5. The van der Waals surface area contributed by atoms with Crippen LogP contribution >= 0.6 is 23.1 Å². The highest BCUT2D eigenvalue weighted by molar-refractivity contribution is 8.13. The number of hydrogen-bond acceptors (Lipinski definition) is 7. The van der Waals surface area contributed by atoms with E-state index < -0.39 is 5.54 Å². The van der Waals surface area contributed by atoms with Gasteiger partial charge in [0.25, 0.3) is 5.91 Å². The lowest BCUT2D eigenvalue weighted by Gasteiger charge is -2.30. The van der Waals surface area contributed by atoms with Crippen LogP contribution in [-0.4, -0.2) is 26.8 Å². The maximum Gasteiger partial charge on any atom is 0.275 e. The Hall–Kier alpha value is -2.78. The molecular weight excluding hydrogens is 409 g/mol. The molecule has 1 aromatic carbocycles. The topological polar surface area (TPSA) is 93.3 Å². The van der Waals surface area contributed by atoms with Gasteiger partial charge < -0.3 is 11.1 Å². The van der Waals surface area contributed by atoms with E-state index in [1.54, 1.807) is 23.8 Å². The fourth-order valence-electron chi connectivity index (χ4n) is 3.10. The zero-order chi connectivity index (χ0) is 20.4. The molecule has 3 N–H and O–H groups in total. The Balaban J connectivity index is 1.57.